The van der Waals surface area contributed by atoms with Gasteiger partial charge >= 0.3 is 5.97 Å². The van der Waals surface area contributed by atoms with E-state index in [1.165, 1.54) is 7.11 Å². The maximum Gasteiger partial charge on any atom is 0.311 e. The van der Waals surface area contributed by atoms with Crippen molar-refractivity contribution < 1.29 is 24.1 Å². The van der Waals surface area contributed by atoms with Crippen LogP contribution in [0.5, 0.6) is 11.5 Å². The highest BCUT2D eigenvalue weighted by Gasteiger charge is 2.63. The second-order valence-corrected chi connectivity index (χ2v) is 10.6. The van der Waals surface area contributed by atoms with Gasteiger partial charge in [-0.2, -0.15) is 0 Å². The van der Waals surface area contributed by atoms with Crippen molar-refractivity contribution in [3.8, 4) is 11.5 Å². The molecule has 2 aromatic rings. The molecule has 4 atom stereocenters. The number of ether oxygens (including phenoxy) is 3. The van der Waals surface area contributed by atoms with Crippen LogP contribution in [0.2, 0.25) is 0 Å². The number of esters is 1. The molecule has 0 aliphatic heterocycles. The summed E-state index contributed by atoms with van der Waals surface area (Å²) in [5, 5.41) is 14.2. The van der Waals surface area contributed by atoms with E-state index >= 15 is 0 Å². The Kier molecular flexibility index (Phi) is 6.45. The zero-order chi connectivity index (χ0) is 24.7. The first-order valence-corrected chi connectivity index (χ1v) is 12.3. The fourth-order valence-corrected chi connectivity index (χ4v) is 7.05. The van der Waals surface area contributed by atoms with Gasteiger partial charge < -0.3 is 19.3 Å². The highest BCUT2D eigenvalue weighted by Crippen LogP contribution is 2.63. The SMILES string of the molecule is C=C1CC[C@@H]2[C@](C)(CCC[C@]2(C)C(=O)OC)[C@]1(O)CCc1ccc2c(OC)ccc(OC)c2c1. The van der Waals surface area contributed by atoms with Crippen LogP contribution >= 0.6 is 0 Å². The van der Waals surface area contributed by atoms with Crippen LogP contribution in [0.25, 0.3) is 10.8 Å². The summed E-state index contributed by atoms with van der Waals surface area (Å²) in [6.45, 7) is 8.52. The molecule has 2 saturated carbocycles. The van der Waals surface area contributed by atoms with Crippen LogP contribution < -0.4 is 9.47 Å². The van der Waals surface area contributed by atoms with Crippen molar-refractivity contribution in [1.29, 1.82) is 0 Å². The number of rotatable bonds is 6. The van der Waals surface area contributed by atoms with Crippen molar-refractivity contribution >= 4 is 16.7 Å². The summed E-state index contributed by atoms with van der Waals surface area (Å²) in [6, 6.07) is 10.1. The molecular weight excluding hydrogens is 428 g/mol. The predicted molar refractivity (Wildman–Crippen MR) is 134 cm³/mol. The van der Waals surface area contributed by atoms with Crippen LogP contribution in [0.15, 0.2) is 42.5 Å². The molecular formula is C29H38O5. The quantitative estimate of drug-likeness (QED) is 0.427. The zero-order valence-electron chi connectivity index (χ0n) is 21.2. The summed E-state index contributed by atoms with van der Waals surface area (Å²) in [6.07, 6.45) is 5.41. The fraction of sp³-hybridized carbons (Fsp3) is 0.552. The smallest absolute Gasteiger partial charge is 0.311 e. The number of aliphatic hydroxyl groups is 1. The summed E-state index contributed by atoms with van der Waals surface area (Å²) in [4.78, 5) is 12.8. The van der Waals surface area contributed by atoms with Crippen molar-refractivity contribution in [2.75, 3.05) is 21.3 Å². The topological polar surface area (TPSA) is 65.0 Å². The van der Waals surface area contributed by atoms with Crippen LogP contribution in [-0.4, -0.2) is 38.0 Å². The Bertz CT molecular complexity index is 1110. The van der Waals surface area contributed by atoms with Crippen molar-refractivity contribution in [3.05, 3.63) is 48.0 Å². The molecule has 0 bridgehead atoms. The van der Waals surface area contributed by atoms with Crippen LogP contribution in [-0.2, 0) is 16.0 Å². The van der Waals surface area contributed by atoms with E-state index in [1.54, 1.807) is 14.2 Å². The minimum atomic E-state index is -1.04. The first-order valence-electron chi connectivity index (χ1n) is 12.3. The summed E-state index contributed by atoms with van der Waals surface area (Å²) in [7, 11) is 4.81. The first kappa shape index (κ1) is 24.6. The van der Waals surface area contributed by atoms with Gasteiger partial charge in [0.15, 0.2) is 0 Å². The first-order chi connectivity index (χ1) is 16.1. The van der Waals surface area contributed by atoms with Gasteiger partial charge in [-0.1, -0.05) is 32.1 Å². The fourth-order valence-electron chi connectivity index (χ4n) is 7.05. The molecule has 0 saturated heterocycles. The zero-order valence-corrected chi connectivity index (χ0v) is 21.2. The number of carbonyl (C=O) groups is 1. The lowest BCUT2D eigenvalue weighted by molar-refractivity contribution is -0.187. The van der Waals surface area contributed by atoms with E-state index in [1.807, 2.05) is 19.1 Å². The lowest BCUT2D eigenvalue weighted by Gasteiger charge is -2.61. The van der Waals surface area contributed by atoms with Gasteiger partial charge in [0.2, 0.25) is 0 Å². The Hall–Kier alpha value is -2.53. The summed E-state index contributed by atoms with van der Waals surface area (Å²) < 4.78 is 16.3. The molecule has 0 unspecified atom stereocenters. The molecule has 2 fully saturated rings. The number of aryl methyl sites for hydroxylation is 1. The third-order valence-corrected chi connectivity index (χ3v) is 9.06. The minimum absolute atomic E-state index is 0.0534. The molecule has 34 heavy (non-hydrogen) atoms. The third-order valence-electron chi connectivity index (χ3n) is 9.06. The molecule has 5 nitrogen and oxygen atoms in total. The maximum absolute atomic E-state index is 12.8. The standard InChI is InChI=1S/C29H38O5/c1-19-8-13-25-27(2,26(30)34-6)15-7-16-28(25,3)29(19,31)17-14-20-9-10-21-22(18-20)24(33-5)12-11-23(21)32-4/h9-12,18,25,31H,1,7-8,13-17H2,2-6H3/t25-,27-,28-,29-/m0/s1. The number of hydrogen-bond acceptors (Lipinski definition) is 5. The van der Waals surface area contributed by atoms with Crippen molar-refractivity contribution in [2.24, 2.45) is 16.7 Å². The number of methoxy groups -OCH3 is 3. The second-order valence-electron chi connectivity index (χ2n) is 10.6. The minimum Gasteiger partial charge on any atom is -0.496 e. The monoisotopic (exact) mass is 466 g/mol. The van der Waals surface area contributed by atoms with Crippen molar-refractivity contribution in [3.63, 3.8) is 0 Å². The van der Waals surface area contributed by atoms with E-state index in [2.05, 4.69) is 31.7 Å². The average Bonchev–Trinajstić information content (AvgIpc) is 2.84. The lowest BCUT2D eigenvalue weighted by atomic mass is 9.45. The highest BCUT2D eigenvalue weighted by molar-refractivity contribution is 5.93. The Morgan fingerprint density at radius 3 is 2.38 bits per heavy atom. The summed E-state index contributed by atoms with van der Waals surface area (Å²) in [5.41, 5.74) is -0.0400. The molecule has 184 valence electrons. The van der Waals surface area contributed by atoms with Crippen LogP contribution in [0, 0.1) is 16.7 Å². The second kappa shape index (κ2) is 8.92. The van der Waals surface area contributed by atoms with E-state index in [4.69, 9.17) is 14.2 Å². The van der Waals surface area contributed by atoms with Gasteiger partial charge in [-0.05, 0) is 80.7 Å². The predicted octanol–water partition coefficient (Wildman–Crippen LogP) is 5.86. The molecule has 2 aromatic carbocycles. The van der Waals surface area contributed by atoms with Crippen LogP contribution in [0.3, 0.4) is 0 Å². The Labute approximate surface area is 203 Å². The number of hydrogen-bond donors (Lipinski definition) is 1. The van der Waals surface area contributed by atoms with Crippen molar-refractivity contribution in [2.45, 2.75) is 64.4 Å². The third kappa shape index (κ3) is 3.60. The molecule has 0 amide bonds. The Morgan fingerprint density at radius 1 is 1.06 bits per heavy atom. The largest absolute Gasteiger partial charge is 0.496 e. The molecule has 1 N–H and O–H groups in total. The van der Waals surface area contributed by atoms with E-state index in [0.29, 0.717) is 12.8 Å². The van der Waals surface area contributed by atoms with Crippen LogP contribution in [0.1, 0.15) is 57.9 Å². The molecule has 0 spiro atoms. The average molecular weight is 467 g/mol. The molecule has 2 aliphatic rings. The van der Waals surface area contributed by atoms with Gasteiger partial charge in [-0.15, -0.1) is 0 Å². The van der Waals surface area contributed by atoms with E-state index in [0.717, 1.165) is 65.5 Å². The highest BCUT2D eigenvalue weighted by atomic mass is 16.5. The Balaban J connectivity index is 1.67. The maximum atomic E-state index is 12.8. The molecule has 0 heterocycles. The Morgan fingerprint density at radius 2 is 1.74 bits per heavy atom. The van der Waals surface area contributed by atoms with Gasteiger partial charge in [0.05, 0.1) is 32.3 Å². The molecule has 5 heteroatoms. The number of benzene rings is 2. The molecule has 2 aliphatic carbocycles. The van der Waals surface area contributed by atoms with E-state index in [9.17, 15) is 9.90 Å². The van der Waals surface area contributed by atoms with Gasteiger partial charge in [0.25, 0.3) is 0 Å². The van der Waals surface area contributed by atoms with Gasteiger partial charge in [-0.3, -0.25) is 4.79 Å². The van der Waals surface area contributed by atoms with Gasteiger partial charge in [0, 0.05) is 16.2 Å². The van der Waals surface area contributed by atoms with Gasteiger partial charge in [-0.25, -0.2) is 0 Å². The van der Waals surface area contributed by atoms with E-state index < -0.39 is 16.4 Å². The van der Waals surface area contributed by atoms with Crippen LogP contribution in [0.4, 0.5) is 0 Å². The van der Waals surface area contributed by atoms with Gasteiger partial charge in [0.1, 0.15) is 11.5 Å². The number of carbonyl (C=O) groups excluding carboxylic acids is 1. The lowest BCUT2D eigenvalue weighted by Crippen LogP contribution is -2.62. The number of fused-ring (bicyclic) bond motifs is 2. The summed E-state index contributed by atoms with van der Waals surface area (Å²) in [5.74, 6) is 1.50. The van der Waals surface area contributed by atoms with Crippen molar-refractivity contribution in [1.82, 2.24) is 0 Å². The van der Waals surface area contributed by atoms with E-state index in [-0.39, 0.29) is 11.9 Å². The molecule has 4 rings (SSSR count). The summed E-state index contributed by atoms with van der Waals surface area (Å²) >= 11 is 0. The normalized spacial score (nSPS) is 31.1. The molecule has 0 aromatic heterocycles. The molecule has 0 radical (unpaired) electrons.